The lowest BCUT2D eigenvalue weighted by molar-refractivity contribution is -0.0968. The number of hydrogen-bond acceptors (Lipinski definition) is 3. The van der Waals surface area contributed by atoms with Crippen molar-refractivity contribution >= 4 is 0 Å². The first-order valence-electron chi connectivity index (χ1n) is 5.14. The molecule has 1 heterocycles. The van der Waals surface area contributed by atoms with E-state index in [0.29, 0.717) is 18.8 Å². The van der Waals surface area contributed by atoms with E-state index < -0.39 is 5.41 Å². The summed E-state index contributed by atoms with van der Waals surface area (Å²) < 4.78 is 18.8. The van der Waals surface area contributed by atoms with Crippen LogP contribution in [0.15, 0.2) is 24.3 Å². The minimum Gasteiger partial charge on any atom is -0.378 e. The summed E-state index contributed by atoms with van der Waals surface area (Å²) in [5.41, 5.74) is -0.119. The molecule has 1 aliphatic heterocycles. The van der Waals surface area contributed by atoms with Crippen LogP contribution in [0.1, 0.15) is 11.6 Å². The van der Waals surface area contributed by atoms with Gasteiger partial charge in [0, 0.05) is 5.56 Å². The summed E-state index contributed by atoms with van der Waals surface area (Å²) >= 11 is 0. The number of halogens is 1. The van der Waals surface area contributed by atoms with Crippen molar-refractivity contribution in [1.29, 1.82) is 5.26 Å². The number of rotatable bonds is 3. The quantitative estimate of drug-likeness (QED) is 0.842. The molecule has 1 aromatic rings. The van der Waals surface area contributed by atoms with E-state index in [-0.39, 0.29) is 11.9 Å². The molecular formula is C12H13FN2O. The van der Waals surface area contributed by atoms with Crippen molar-refractivity contribution in [3.05, 3.63) is 35.6 Å². The first kappa shape index (κ1) is 11.1. The van der Waals surface area contributed by atoms with Gasteiger partial charge in [-0.3, -0.25) is 0 Å². The van der Waals surface area contributed by atoms with Gasteiger partial charge in [-0.15, -0.1) is 0 Å². The number of nitriles is 1. The second-order valence-electron chi connectivity index (χ2n) is 4.00. The lowest BCUT2D eigenvalue weighted by atomic mass is 9.76. The van der Waals surface area contributed by atoms with Crippen molar-refractivity contribution < 1.29 is 9.13 Å². The Labute approximate surface area is 93.8 Å². The second kappa shape index (κ2) is 4.20. The van der Waals surface area contributed by atoms with Crippen LogP contribution in [0.5, 0.6) is 0 Å². The van der Waals surface area contributed by atoms with Crippen LogP contribution in [0.4, 0.5) is 4.39 Å². The van der Waals surface area contributed by atoms with Gasteiger partial charge in [0.1, 0.15) is 11.2 Å². The minimum absolute atomic E-state index is 0.289. The molecule has 0 spiro atoms. The van der Waals surface area contributed by atoms with E-state index in [1.165, 1.54) is 6.07 Å². The van der Waals surface area contributed by atoms with Gasteiger partial charge in [0.2, 0.25) is 0 Å². The van der Waals surface area contributed by atoms with Crippen LogP contribution in [0.25, 0.3) is 0 Å². The van der Waals surface area contributed by atoms with Gasteiger partial charge in [0.15, 0.2) is 0 Å². The lowest BCUT2D eigenvalue weighted by Crippen LogP contribution is -2.50. The van der Waals surface area contributed by atoms with Crippen molar-refractivity contribution in [3.8, 4) is 6.07 Å². The van der Waals surface area contributed by atoms with Gasteiger partial charge in [-0.1, -0.05) is 18.2 Å². The Morgan fingerprint density at radius 1 is 1.50 bits per heavy atom. The fraction of sp³-hybridized carbons (Fsp3) is 0.417. The van der Waals surface area contributed by atoms with Crippen LogP contribution in [0.2, 0.25) is 0 Å². The predicted molar refractivity (Wildman–Crippen MR) is 57.1 cm³/mol. The van der Waals surface area contributed by atoms with E-state index in [9.17, 15) is 9.65 Å². The van der Waals surface area contributed by atoms with Gasteiger partial charge in [-0.2, -0.15) is 5.26 Å². The molecule has 1 saturated heterocycles. The lowest BCUT2D eigenvalue weighted by Gasteiger charge is -2.41. The van der Waals surface area contributed by atoms with Crippen molar-refractivity contribution in [3.63, 3.8) is 0 Å². The Hall–Kier alpha value is -1.44. The third kappa shape index (κ3) is 1.58. The van der Waals surface area contributed by atoms with E-state index in [1.807, 2.05) is 0 Å². The van der Waals surface area contributed by atoms with Crippen molar-refractivity contribution in [2.45, 2.75) is 6.04 Å². The Morgan fingerprint density at radius 3 is 2.62 bits per heavy atom. The summed E-state index contributed by atoms with van der Waals surface area (Å²) in [6.07, 6.45) is 0. The average Bonchev–Trinajstić information content (AvgIpc) is 2.25. The number of nitrogens with one attached hydrogen (secondary N) is 1. The highest BCUT2D eigenvalue weighted by Crippen LogP contribution is 2.40. The first-order valence-corrected chi connectivity index (χ1v) is 5.14. The van der Waals surface area contributed by atoms with Gasteiger partial charge >= 0.3 is 0 Å². The van der Waals surface area contributed by atoms with E-state index >= 15 is 0 Å². The standard InChI is InChI=1S/C12H13FN2O/c1-15-11(12(6-14)7-16-8-12)9-4-2-3-5-10(9)13/h2-5,11,15H,7-8H2,1H3. The molecule has 1 aliphatic rings. The molecule has 0 aromatic heterocycles. The van der Waals surface area contributed by atoms with Crippen molar-refractivity contribution in [2.75, 3.05) is 20.3 Å². The summed E-state index contributed by atoms with van der Waals surface area (Å²) in [5, 5.41) is 12.2. The molecule has 0 bridgehead atoms. The fourth-order valence-corrected chi connectivity index (χ4v) is 2.06. The third-order valence-corrected chi connectivity index (χ3v) is 3.00. The van der Waals surface area contributed by atoms with Crippen LogP contribution < -0.4 is 5.32 Å². The van der Waals surface area contributed by atoms with E-state index in [0.717, 1.165) is 0 Å². The van der Waals surface area contributed by atoms with Crippen molar-refractivity contribution in [2.24, 2.45) is 5.41 Å². The molecule has 0 saturated carbocycles. The van der Waals surface area contributed by atoms with Crippen LogP contribution in [0, 0.1) is 22.6 Å². The number of hydrogen-bond donors (Lipinski definition) is 1. The van der Waals surface area contributed by atoms with Gasteiger partial charge in [-0.25, -0.2) is 4.39 Å². The number of benzene rings is 1. The van der Waals surface area contributed by atoms with Crippen LogP contribution in [-0.2, 0) is 4.74 Å². The van der Waals surface area contributed by atoms with Gasteiger partial charge in [-0.05, 0) is 13.1 Å². The summed E-state index contributed by atoms with van der Waals surface area (Å²) in [4.78, 5) is 0. The highest BCUT2D eigenvalue weighted by molar-refractivity contribution is 5.27. The summed E-state index contributed by atoms with van der Waals surface area (Å²) in [6.45, 7) is 0.701. The van der Waals surface area contributed by atoms with E-state index in [4.69, 9.17) is 4.74 Å². The van der Waals surface area contributed by atoms with Crippen LogP contribution in [-0.4, -0.2) is 20.3 Å². The molecular weight excluding hydrogens is 207 g/mol. The zero-order valence-corrected chi connectivity index (χ0v) is 9.03. The van der Waals surface area contributed by atoms with E-state index in [1.54, 1.807) is 25.2 Å². The molecule has 1 atom stereocenters. The molecule has 84 valence electrons. The molecule has 4 heteroatoms. The molecule has 1 fully saturated rings. The summed E-state index contributed by atoms with van der Waals surface area (Å²) in [5.74, 6) is -0.289. The molecule has 0 aliphatic carbocycles. The van der Waals surface area contributed by atoms with Gasteiger partial charge < -0.3 is 10.1 Å². The Bertz CT molecular complexity index is 423. The normalized spacial score (nSPS) is 19.6. The van der Waals surface area contributed by atoms with E-state index in [2.05, 4.69) is 11.4 Å². The maximum Gasteiger partial charge on any atom is 0.128 e. The maximum absolute atomic E-state index is 13.7. The Kier molecular flexibility index (Phi) is 2.90. The zero-order chi connectivity index (χ0) is 11.6. The van der Waals surface area contributed by atoms with Gasteiger partial charge in [0.25, 0.3) is 0 Å². The molecule has 1 unspecified atom stereocenters. The topological polar surface area (TPSA) is 45.0 Å². The second-order valence-corrected chi connectivity index (χ2v) is 4.00. The highest BCUT2D eigenvalue weighted by atomic mass is 19.1. The van der Waals surface area contributed by atoms with Crippen LogP contribution in [0.3, 0.4) is 0 Å². The smallest absolute Gasteiger partial charge is 0.128 e. The summed E-state index contributed by atoms with van der Waals surface area (Å²) in [7, 11) is 1.73. The summed E-state index contributed by atoms with van der Waals surface area (Å²) in [6, 6.07) is 8.43. The van der Waals surface area contributed by atoms with Crippen LogP contribution >= 0.6 is 0 Å². The first-order chi connectivity index (χ1) is 7.73. The van der Waals surface area contributed by atoms with Gasteiger partial charge in [0.05, 0.1) is 25.3 Å². The largest absolute Gasteiger partial charge is 0.378 e. The molecule has 3 nitrogen and oxygen atoms in total. The third-order valence-electron chi connectivity index (χ3n) is 3.00. The Morgan fingerprint density at radius 2 is 2.19 bits per heavy atom. The molecule has 2 rings (SSSR count). The number of ether oxygens (including phenoxy) is 1. The number of nitrogens with zero attached hydrogens (tertiary/aromatic N) is 1. The molecule has 0 amide bonds. The molecule has 0 radical (unpaired) electrons. The highest BCUT2D eigenvalue weighted by Gasteiger charge is 2.47. The molecule has 1 aromatic carbocycles. The molecule has 1 N–H and O–H groups in total. The van der Waals surface area contributed by atoms with Crippen molar-refractivity contribution in [1.82, 2.24) is 5.32 Å². The zero-order valence-electron chi connectivity index (χ0n) is 9.03. The Balaban J connectivity index is 2.37. The monoisotopic (exact) mass is 220 g/mol. The fourth-order valence-electron chi connectivity index (χ4n) is 2.06. The average molecular weight is 220 g/mol. The predicted octanol–water partition coefficient (Wildman–Crippen LogP) is 1.63. The molecule has 16 heavy (non-hydrogen) atoms. The SMILES string of the molecule is CNC(c1ccccc1F)C1(C#N)COC1. The maximum atomic E-state index is 13.7. The minimum atomic E-state index is -0.642.